The highest BCUT2D eigenvalue weighted by Gasteiger charge is 2.30. The molecule has 0 saturated heterocycles. The third-order valence-corrected chi connectivity index (χ3v) is 6.13. The Morgan fingerprint density at radius 1 is 1.11 bits per heavy atom. The van der Waals surface area contributed by atoms with Gasteiger partial charge < -0.3 is 4.74 Å². The summed E-state index contributed by atoms with van der Waals surface area (Å²) in [6.45, 7) is 2.24. The maximum absolute atomic E-state index is 12.8. The number of carbonyl (C=O) groups is 1. The lowest BCUT2D eigenvalue weighted by Crippen LogP contribution is -2.29. The van der Waals surface area contributed by atoms with Gasteiger partial charge in [0.15, 0.2) is 5.83 Å². The van der Waals surface area contributed by atoms with Crippen LogP contribution in [0.3, 0.4) is 0 Å². The molecule has 0 atom stereocenters. The quantitative estimate of drug-likeness (QED) is 0.213. The smallest absolute Gasteiger partial charge is 0.309 e. The molecule has 0 bridgehead atoms. The van der Waals surface area contributed by atoms with Crippen LogP contribution in [0.15, 0.2) is 24.1 Å². The Hall–Kier alpha value is -1.63. The number of hydrogen-bond donors (Lipinski definition) is 0. The van der Waals surface area contributed by atoms with Crippen molar-refractivity contribution >= 4 is 5.97 Å². The Morgan fingerprint density at radius 2 is 1.81 bits per heavy atom. The summed E-state index contributed by atoms with van der Waals surface area (Å²) >= 11 is 0. The van der Waals surface area contributed by atoms with E-state index in [1.165, 1.54) is 50.7 Å². The monoisotopic (exact) mass is 375 g/mol. The van der Waals surface area contributed by atoms with Gasteiger partial charge in [0.25, 0.3) is 0 Å². The molecule has 2 aliphatic rings. The number of hydrogen-bond acceptors (Lipinski definition) is 3. The zero-order valence-corrected chi connectivity index (χ0v) is 16.7. The van der Waals surface area contributed by atoms with E-state index in [9.17, 15) is 9.18 Å². The zero-order chi connectivity index (χ0) is 19.5. The van der Waals surface area contributed by atoms with Crippen LogP contribution in [0.25, 0.3) is 0 Å². The van der Waals surface area contributed by atoms with E-state index in [4.69, 9.17) is 10.00 Å². The van der Waals surface area contributed by atoms with Crippen molar-refractivity contribution in [2.24, 2.45) is 17.8 Å². The Balaban J connectivity index is 1.64. The fourth-order valence-corrected chi connectivity index (χ4v) is 4.36. The minimum atomic E-state index is -0.769. The van der Waals surface area contributed by atoms with Crippen molar-refractivity contribution in [2.45, 2.75) is 90.1 Å². The molecule has 0 unspecified atom stereocenters. The minimum Gasteiger partial charge on any atom is -0.462 e. The molecular weight excluding hydrogens is 341 g/mol. The van der Waals surface area contributed by atoms with Gasteiger partial charge in [-0.05, 0) is 69.3 Å². The van der Waals surface area contributed by atoms with Crippen LogP contribution in [0.2, 0.25) is 0 Å². The van der Waals surface area contributed by atoms with Crippen LogP contribution < -0.4 is 0 Å². The van der Waals surface area contributed by atoms with Gasteiger partial charge in [-0.1, -0.05) is 44.8 Å². The molecule has 2 saturated carbocycles. The van der Waals surface area contributed by atoms with Gasteiger partial charge in [0.2, 0.25) is 0 Å². The number of unbranched alkanes of at least 4 members (excludes halogenated alkanes) is 2. The van der Waals surface area contributed by atoms with Gasteiger partial charge in [-0.3, -0.25) is 4.79 Å². The molecule has 0 amide bonds. The van der Waals surface area contributed by atoms with E-state index in [0.717, 1.165) is 44.4 Å². The molecule has 150 valence electrons. The van der Waals surface area contributed by atoms with Gasteiger partial charge in [-0.25, -0.2) is 0 Å². The first-order valence-electron chi connectivity index (χ1n) is 10.8. The highest BCUT2D eigenvalue weighted by Crippen LogP contribution is 2.34. The molecule has 2 aliphatic carbocycles. The van der Waals surface area contributed by atoms with Crippen molar-refractivity contribution in [1.82, 2.24) is 0 Å². The van der Waals surface area contributed by atoms with Crippen molar-refractivity contribution in [3.05, 3.63) is 24.1 Å². The zero-order valence-electron chi connectivity index (χ0n) is 16.7. The number of nitriles is 1. The molecule has 0 aromatic heterocycles. The third-order valence-electron chi connectivity index (χ3n) is 6.13. The predicted molar refractivity (Wildman–Crippen MR) is 105 cm³/mol. The summed E-state index contributed by atoms with van der Waals surface area (Å²) in [5.41, 5.74) is 0. The van der Waals surface area contributed by atoms with Crippen molar-refractivity contribution in [3.8, 4) is 6.07 Å². The number of nitrogens with zero attached hydrogens (tertiary/aromatic N) is 1. The van der Waals surface area contributed by atoms with Crippen molar-refractivity contribution in [2.75, 3.05) is 0 Å². The lowest BCUT2D eigenvalue weighted by molar-refractivity contribution is -0.157. The molecule has 0 radical (unpaired) electrons. The Bertz CT molecular complexity index is 547. The molecule has 0 aromatic rings. The SMILES string of the molecule is CCCCCC1CCC(C(=O)OC2CCC(C=CC=C(F)C#N)CC2)CC1. The minimum absolute atomic E-state index is 0.0139. The maximum Gasteiger partial charge on any atom is 0.309 e. The van der Waals surface area contributed by atoms with Crippen LogP contribution in [-0.2, 0) is 9.53 Å². The Morgan fingerprint density at radius 3 is 2.44 bits per heavy atom. The molecule has 2 fully saturated rings. The van der Waals surface area contributed by atoms with Gasteiger partial charge in [0.1, 0.15) is 12.2 Å². The number of ether oxygens (including phenoxy) is 1. The normalized spacial score (nSPS) is 29.4. The Labute approximate surface area is 163 Å². The van der Waals surface area contributed by atoms with Crippen LogP contribution >= 0.6 is 0 Å². The van der Waals surface area contributed by atoms with E-state index in [1.54, 1.807) is 6.08 Å². The van der Waals surface area contributed by atoms with Crippen LogP contribution in [0.5, 0.6) is 0 Å². The van der Waals surface area contributed by atoms with Gasteiger partial charge in [-0.2, -0.15) is 9.65 Å². The fraction of sp³-hybridized carbons (Fsp3) is 0.739. The van der Waals surface area contributed by atoms with Gasteiger partial charge in [0.05, 0.1) is 5.92 Å². The van der Waals surface area contributed by atoms with Crippen molar-refractivity contribution in [1.29, 1.82) is 5.26 Å². The van der Waals surface area contributed by atoms with E-state index >= 15 is 0 Å². The lowest BCUT2D eigenvalue weighted by Gasteiger charge is -2.31. The first-order chi connectivity index (χ1) is 13.1. The summed E-state index contributed by atoms with van der Waals surface area (Å²) in [4.78, 5) is 12.5. The van der Waals surface area contributed by atoms with E-state index in [-0.39, 0.29) is 18.0 Å². The van der Waals surface area contributed by atoms with Crippen molar-refractivity contribution < 1.29 is 13.9 Å². The summed E-state index contributed by atoms with van der Waals surface area (Å²) in [5, 5.41) is 8.39. The van der Waals surface area contributed by atoms with Crippen LogP contribution in [-0.4, -0.2) is 12.1 Å². The Kier molecular flexibility index (Phi) is 9.59. The second-order valence-electron chi connectivity index (χ2n) is 8.20. The van der Waals surface area contributed by atoms with Crippen LogP contribution in [0.4, 0.5) is 4.39 Å². The van der Waals surface area contributed by atoms with E-state index in [1.807, 2.05) is 6.08 Å². The first kappa shape index (κ1) is 21.7. The summed E-state index contributed by atoms with van der Waals surface area (Å²) < 4.78 is 18.6. The van der Waals surface area contributed by atoms with Crippen molar-refractivity contribution in [3.63, 3.8) is 0 Å². The molecule has 3 nitrogen and oxygen atoms in total. The maximum atomic E-state index is 12.8. The van der Waals surface area contributed by atoms with E-state index in [0.29, 0.717) is 5.92 Å². The molecule has 0 aromatic carbocycles. The van der Waals surface area contributed by atoms with E-state index < -0.39 is 5.83 Å². The summed E-state index contributed by atoms with van der Waals surface area (Å²) in [6, 6.07) is 1.46. The lowest BCUT2D eigenvalue weighted by atomic mass is 9.79. The number of esters is 1. The molecular formula is C23H34FNO2. The average molecular weight is 376 g/mol. The largest absolute Gasteiger partial charge is 0.462 e. The molecule has 2 rings (SSSR count). The highest BCUT2D eigenvalue weighted by molar-refractivity contribution is 5.72. The molecule has 0 heterocycles. The van der Waals surface area contributed by atoms with Crippen LogP contribution in [0.1, 0.15) is 84.0 Å². The number of halogens is 1. The van der Waals surface area contributed by atoms with E-state index in [2.05, 4.69) is 6.92 Å². The average Bonchev–Trinajstić information content (AvgIpc) is 2.70. The molecule has 0 spiro atoms. The number of rotatable bonds is 8. The molecule has 0 aliphatic heterocycles. The first-order valence-corrected chi connectivity index (χ1v) is 10.8. The topological polar surface area (TPSA) is 50.1 Å². The summed E-state index contributed by atoms with van der Waals surface area (Å²) in [5.74, 6) is 0.530. The highest BCUT2D eigenvalue weighted by atomic mass is 19.1. The second-order valence-corrected chi connectivity index (χ2v) is 8.20. The number of carbonyl (C=O) groups excluding carboxylic acids is 1. The van der Waals surface area contributed by atoms with Crippen LogP contribution in [0, 0.1) is 29.1 Å². The number of allylic oxidation sites excluding steroid dienone is 4. The second kappa shape index (κ2) is 12.0. The summed E-state index contributed by atoms with van der Waals surface area (Å²) in [6.07, 6.45) is 18.0. The standard InChI is InChI=1S/C23H34FNO2/c1-2-3-4-6-18-9-13-20(14-10-18)23(26)27-22-15-11-19(12-16-22)7-5-8-21(24)17-25/h5,7-8,18-20,22H,2-4,6,9-16H2,1H3. The van der Waals surface area contributed by atoms with Gasteiger partial charge in [-0.15, -0.1) is 0 Å². The van der Waals surface area contributed by atoms with Gasteiger partial charge >= 0.3 is 5.97 Å². The molecule has 27 heavy (non-hydrogen) atoms. The summed E-state index contributed by atoms with van der Waals surface area (Å²) in [7, 11) is 0. The third kappa shape index (κ3) is 7.87. The molecule has 4 heteroatoms. The molecule has 0 N–H and O–H groups in total. The fourth-order valence-electron chi connectivity index (χ4n) is 4.36. The predicted octanol–water partition coefficient (Wildman–Crippen LogP) is 6.41. The van der Waals surface area contributed by atoms with Gasteiger partial charge in [0, 0.05) is 0 Å².